The van der Waals surface area contributed by atoms with Crippen LogP contribution >= 0.6 is 0 Å². The minimum atomic E-state index is 0.731. The van der Waals surface area contributed by atoms with Crippen LogP contribution in [0.5, 0.6) is 0 Å². The molecule has 0 atom stereocenters. The third-order valence-corrected chi connectivity index (χ3v) is 8.18. The number of rotatable bonds is 4. The van der Waals surface area contributed by atoms with Crippen LogP contribution in [0.25, 0.3) is 0 Å². The summed E-state index contributed by atoms with van der Waals surface area (Å²) in [5.74, 6) is 3.67. The number of hydrogen-bond donors (Lipinski definition) is 2. The molecule has 0 unspecified atom stereocenters. The molecule has 4 heteroatoms. The molecule has 138 valence electrons. The lowest BCUT2D eigenvalue weighted by molar-refractivity contribution is 0.445. The molecule has 0 spiro atoms. The van der Waals surface area contributed by atoms with Crippen LogP contribution in [0.15, 0.2) is 24.3 Å². The van der Waals surface area contributed by atoms with Crippen LogP contribution < -0.4 is 10.5 Å². The molecule has 4 saturated heterocycles. The highest BCUT2D eigenvalue weighted by molar-refractivity contribution is 6.66. The minimum absolute atomic E-state index is 0.731. The van der Waals surface area contributed by atoms with Gasteiger partial charge in [-0.25, -0.2) is 0 Å². The molecule has 0 aliphatic carbocycles. The van der Waals surface area contributed by atoms with Gasteiger partial charge in [-0.3, -0.25) is 0 Å². The largest absolute Gasteiger partial charge is 0.427 e. The molecule has 4 bridgehead atoms. The Balaban J connectivity index is 1.23. The molecule has 4 heterocycles. The van der Waals surface area contributed by atoms with E-state index in [1.807, 2.05) is 0 Å². The van der Waals surface area contributed by atoms with E-state index in [9.17, 15) is 0 Å². The maximum Gasteiger partial charge on any atom is 0.258 e. The fraction of sp³-hybridized carbons (Fsp3) is 0.727. The maximum atomic E-state index is 3.93. The van der Waals surface area contributed by atoms with Gasteiger partial charge in [0.15, 0.2) is 0 Å². The summed E-state index contributed by atoms with van der Waals surface area (Å²) in [6, 6.07) is 9.30. The lowest BCUT2D eigenvalue weighted by Crippen LogP contribution is -2.41. The summed E-state index contributed by atoms with van der Waals surface area (Å²) in [5, 5.41) is 7.85. The number of fused-ring (bicyclic) bond motifs is 4. The minimum Gasteiger partial charge on any atom is -0.427 e. The number of nitrogens with one attached hydrogen (secondary N) is 2. The molecule has 5 rings (SSSR count). The zero-order chi connectivity index (χ0) is 17.3. The second kappa shape index (κ2) is 7.52. The van der Waals surface area contributed by atoms with Crippen molar-refractivity contribution < 1.29 is 0 Å². The third kappa shape index (κ3) is 3.41. The lowest BCUT2D eigenvalue weighted by Gasteiger charge is -2.41. The molecular formula is C22H34B2N2. The summed E-state index contributed by atoms with van der Waals surface area (Å²) in [6.45, 7) is 1.46. The number of benzene rings is 1. The second-order valence-corrected chi connectivity index (χ2v) is 9.68. The fourth-order valence-corrected chi connectivity index (χ4v) is 6.87. The zero-order valence-electron chi connectivity index (χ0n) is 16.3. The maximum absolute atomic E-state index is 3.93. The second-order valence-electron chi connectivity index (χ2n) is 9.68. The van der Waals surface area contributed by atoms with E-state index < -0.39 is 0 Å². The Kier molecular flexibility index (Phi) is 4.94. The number of hydrogen-bond acceptors (Lipinski definition) is 2. The smallest absolute Gasteiger partial charge is 0.258 e. The molecule has 0 amide bonds. The van der Waals surface area contributed by atoms with Crippen LogP contribution in [-0.4, -0.2) is 13.7 Å². The molecule has 1 aromatic carbocycles. The molecular weight excluding hydrogens is 314 g/mol. The van der Waals surface area contributed by atoms with Crippen molar-refractivity contribution in [3.05, 3.63) is 24.3 Å². The van der Waals surface area contributed by atoms with E-state index in [1.54, 1.807) is 0 Å². The van der Waals surface area contributed by atoms with Crippen molar-refractivity contribution in [2.24, 2.45) is 0 Å². The van der Waals surface area contributed by atoms with Crippen molar-refractivity contribution in [3.63, 3.8) is 0 Å². The predicted octanol–water partition coefficient (Wildman–Crippen LogP) is 6.71. The van der Waals surface area contributed by atoms with Crippen molar-refractivity contribution >= 4 is 25.1 Å². The Morgan fingerprint density at radius 1 is 0.500 bits per heavy atom. The van der Waals surface area contributed by atoms with Crippen LogP contribution in [-0.2, 0) is 0 Å². The first kappa shape index (κ1) is 17.1. The van der Waals surface area contributed by atoms with Crippen molar-refractivity contribution in [1.29, 1.82) is 0 Å². The highest BCUT2D eigenvalue weighted by atomic mass is 14.8. The Morgan fingerprint density at radius 2 is 0.769 bits per heavy atom. The summed E-state index contributed by atoms with van der Waals surface area (Å²) in [5.41, 5.74) is 2.67. The van der Waals surface area contributed by atoms with Gasteiger partial charge in [-0.2, -0.15) is 0 Å². The molecule has 1 aromatic rings. The van der Waals surface area contributed by atoms with Crippen LogP contribution in [0.1, 0.15) is 77.0 Å². The quantitative estimate of drug-likeness (QED) is 0.591. The van der Waals surface area contributed by atoms with Gasteiger partial charge in [-0.05, 0) is 47.5 Å². The first-order chi connectivity index (χ1) is 12.9. The topological polar surface area (TPSA) is 24.1 Å². The summed E-state index contributed by atoms with van der Waals surface area (Å²) in [4.78, 5) is 0. The normalized spacial score (nSPS) is 33.7. The lowest BCUT2D eigenvalue weighted by atomic mass is 9.34. The van der Waals surface area contributed by atoms with E-state index in [0.29, 0.717) is 0 Å². The first-order valence-electron chi connectivity index (χ1n) is 11.5. The zero-order valence-corrected chi connectivity index (χ0v) is 16.3. The van der Waals surface area contributed by atoms with Gasteiger partial charge in [0.05, 0.1) is 0 Å². The Labute approximate surface area is 160 Å². The molecule has 2 N–H and O–H groups in total. The average Bonchev–Trinajstić information content (AvgIpc) is 2.63. The van der Waals surface area contributed by atoms with Crippen LogP contribution in [0.2, 0.25) is 23.3 Å². The highest BCUT2D eigenvalue weighted by Gasteiger charge is 2.41. The van der Waals surface area contributed by atoms with Gasteiger partial charge in [0, 0.05) is 11.4 Å². The summed E-state index contributed by atoms with van der Waals surface area (Å²) >= 11 is 0. The first-order valence-corrected chi connectivity index (χ1v) is 11.5. The van der Waals surface area contributed by atoms with Gasteiger partial charge in [-0.1, -0.05) is 77.0 Å². The molecule has 4 aliphatic heterocycles. The van der Waals surface area contributed by atoms with E-state index >= 15 is 0 Å². The van der Waals surface area contributed by atoms with Gasteiger partial charge in [0.1, 0.15) is 0 Å². The van der Waals surface area contributed by atoms with Gasteiger partial charge in [-0.15, -0.1) is 0 Å². The van der Waals surface area contributed by atoms with E-state index in [4.69, 9.17) is 0 Å². The van der Waals surface area contributed by atoms with Crippen LogP contribution in [0, 0.1) is 0 Å². The molecule has 0 saturated carbocycles. The monoisotopic (exact) mass is 348 g/mol. The van der Waals surface area contributed by atoms with Crippen LogP contribution in [0.3, 0.4) is 0 Å². The molecule has 4 aliphatic rings. The molecule has 2 nitrogen and oxygen atoms in total. The third-order valence-electron chi connectivity index (χ3n) is 8.18. The van der Waals surface area contributed by atoms with Crippen LogP contribution in [0.4, 0.5) is 11.4 Å². The van der Waals surface area contributed by atoms with Gasteiger partial charge in [0.2, 0.25) is 0 Å². The van der Waals surface area contributed by atoms with Crippen molar-refractivity contribution in [1.82, 2.24) is 0 Å². The molecule has 26 heavy (non-hydrogen) atoms. The van der Waals surface area contributed by atoms with E-state index in [1.165, 1.54) is 88.4 Å². The van der Waals surface area contributed by atoms with Crippen molar-refractivity contribution in [3.8, 4) is 0 Å². The molecule has 0 radical (unpaired) electrons. The Morgan fingerprint density at radius 3 is 1.04 bits per heavy atom. The Bertz CT molecular complexity index is 508. The van der Waals surface area contributed by atoms with Gasteiger partial charge < -0.3 is 10.5 Å². The van der Waals surface area contributed by atoms with Crippen molar-refractivity contribution in [2.75, 3.05) is 10.5 Å². The van der Waals surface area contributed by atoms with E-state index in [0.717, 1.165) is 37.0 Å². The standard InChI is InChI=1S/C22H34B2N2/c1-5-17-7-2-8-18(6-1)23(17)25-21-13-15-22(16-14-21)26-24-19-9-3-10-20(24)12-4-11-19/h13-20,25-26H,1-12H2. The van der Waals surface area contributed by atoms with E-state index in [2.05, 4.69) is 34.7 Å². The van der Waals surface area contributed by atoms with Gasteiger partial charge in [0.25, 0.3) is 13.7 Å². The summed E-state index contributed by atoms with van der Waals surface area (Å²) < 4.78 is 0. The average molecular weight is 348 g/mol. The Hall–Kier alpha value is -1.05. The highest BCUT2D eigenvalue weighted by Crippen LogP contribution is 2.47. The summed E-state index contributed by atoms with van der Waals surface area (Å²) in [7, 11) is 0. The van der Waals surface area contributed by atoms with Gasteiger partial charge >= 0.3 is 0 Å². The SMILES string of the molecule is c1cc(NB2C3CCCC2CCC3)ccc1NB1C2CCCC1CCC2. The van der Waals surface area contributed by atoms with E-state index in [-0.39, 0.29) is 0 Å². The molecule has 0 aromatic heterocycles. The van der Waals surface area contributed by atoms with Crippen molar-refractivity contribution in [2.45, 2.75) is 100 Å². The fourth-order valence-electron chi connectivity index (χ4n) is 6.87. The number of anilines is 2. The predicted molar refractivity (Wildman–Crippen MR) is 116 cm³/mol. The molecule has 4 fully saturated rings. The summed E-state index contributed by atoms with van der Waals surface area (Å²) in [6.07, 6.45) is 17.4.